The highest BCUT2D eigenvalue weighted by Gasteiger charge is 2.49. The minimum atomic E-state index is -1.21. The van der Waals surface area contributed by atoms with E-state index in [0.717, 1.165) is 6.42 Å². The molecule has 0 aliphatic carbocycles. The molecule has 7 heteroatoms. The fourth-order valence-electron chi connectivity index (χ4n) is 2.39. The normalized spacial score (nSPS) is 19.2. The van der Waals surface area contributed by atoms with Crippen molar-refractivity contribution in [3.05, 3.63) is 57.5 Å². The van der Waals surface area contributed by atoms with Crippen molar-refractivity contribution < 1.29 is 4.74 Å². The Labute approximate surface area is 149 Å². The van der Waals surface area contributed by atoms with Gasteiger partial charge in [0.15, 0.2) is 0 Å². The summed E-state index contributed by atoms with van der Waals surface area (Å²) in [5.41, 5.74) is 6.58. The molecule has 2 N–H and O–H groups in total. The zero-order chi connectivity index (χ0) is 17.7. The first-order chi connectivity index (χ1) is 11.5. The van der Waals surface area contributed by atoms with Gasteiger partial charge in [-0.05, 0) is 24.3 Å². The summed E-state index contributed by atoms with van der Waals surface area (Å²) in [5.74, 6) is 0.594. The van der Waals surface area contributed by atoms with E-state index in [1.807, 2.05) is 25.1 Å². The fraction of sp³-hybridized carbons (Fsp3) is 0.235. The summed E-state index contributed by atoms with van der Waals surface area (Å²) in [7, 11) is 0. The van der Waals surface area contributed by atoms with E-state index in [1.165, 1.54) is 11.8 Å². The number of allylic oxidation sites excluding steroid dienone is 1. The predicted octanol–water partition coefficient (Wildman–Crippen LogP) is 3.70. The van der Waals surface area contributed by atoms with E-state index in [9.17, 15) is 15.8 Å². The second kappa shape index (κ2) is 7.32. The third kappa shape index (κ3) is 2.93. The van der Waals surface area contributed by atoms with Crippen LogP contribution in [0.4, 0.5) is 0 Å². The van der Waals surface area contributed by atoms with E-state index in [0.29, 0.717) is 16.3 Å². The number of nitriles is 3. The summed E-state index contributed by atoms with van der Waals surface area (Å²) in [6.45, 7) is 2.00. The summed E-state index contributed by atoms with van der Waals surface area (Å²) >= 11 is 7.34. The molecular formula is C17H13ClN4OS. The van der Waals surface area contributed by atoms with Gasteiger partial charge in [-0.15, -0.1) is 11.8 Å². The summed E-state index contributed by atoms with van der Waals surface area (Å²) in [6.07, 6.45) is 0.840. The second-order valence-corrected chi connectivity index (χ2v) is 6.61. The van der Waals surface area contributed by atoms with Crippen molar-refractivity contribution in [3.8, 4) is 18.2 Å². The van der Waals surface area contributed by atoms with Crippen LogP contribution < -0.4 is 5.73 Å². The van der Waals surface area contributed by atoms with E-state index in [4.69, 9.17) is 22.1 Å². The van der Waals surface area contributed by atoms with Crippen LogP contribution in [0.3, 0.4) is 0 Å². The minimum absolute atomic E-state index is 0.0200. The van der Waals surface area contributed by atoms with Gasteiger partial charge in [-0.2, -0.15) is 15.8 Å². The second-order valence-electron chi connectivity index (χ2n) is 4.90. The van der Waals surface area contributed by atoms with Gasteiger partial charge in [0.25, 0.3) is 0 Å². The van der Waals surface area contributed by atoms with Crippen LogP contribution in [0.1, 0.15) is 18.9 Å². The lowest BCUT2D eigenvalue weighted by molar-refractivity contribution is 0.134. The smallest absolute Gasteiger partial charge is 0.211 e. The van der Waals surface area contributed by atoms with Gasteiger partial charge in [0.05, 0.1) is 5.57 Å². The molecule has 1 aliphatic rings. The molecule has 1 unspecified atom stereocenters. The number of nitrogens with zero attached hydrogens (tertiary/aromatic N) is 3. The average molecular weight is 357 g/mol. The number of hydrogen-bond acceptors (Lipinski definition) is 6. The Bertz CT molecular complexity index is 823. The highest BCUT2D eigenvalue weighted by Crippen LogP contribution is 2.53. The van der Waals surface area contributed by atoms with E-state index in [1.54, 1.807) is 24.3 Å². The number of thioether (sulfide) groups is 1. The van der Waals surface area contributed by atoms with Crippen LogP contribution in [0.2, 0.25) is 5.02 Å². The maximum Gasteiger partial charge on any atom is 0.211 e. The summed E-state index contributed by atoms with van der Waals surface area (Å²) in [4.78, 5) is -1.21. The molecule has 0 aromatic heterocycles. The summed E-state index contributed by atoms with van der Waals surface area (Å²) < 4.78 is 5.87. The zero-order valence-corrected chi connectivity index (χ0v) is 14.4. The van der Waals surface area contributed by atoms with Gasteiger partial charge in [0.1, 0.15) is 29.4 Å². The van der Waals surface area contributed by atoms with Gasteiger partial charge in [0, 0.05) is 10.6 Å². The van der Waals surface area contributed by atoms with E-state index >= 15 is 0 Å². The van der Waals surface area contributed by atoms with Crippen LogP contribution in [-0.4, -0.2) is 5.75 Å². The lowest BCUT2D eigenvalue weighted by Crippen LogP contribution is -2.26. The number of ether oxygens (including phenoxy) is 1. The van der Waals surface area contributed by atoms with Gasteiger partial charge < -0.3 is 10.5 Å². The van der Waals surface area contributed by atoms with Crippen molar-refractivity contribution >= 4 is 23.4 Å². The van der Waals surface area contributed by atoms with E-state index < -0.39 is 4.93 Å². The van der Waals surface area contributed by atoms with Crippen LogP contribution in [0.15, 0.2) is 46.9 Å². The van der Waals surface area contributed by atoms with Crippen LogP contribution in [0.25, 0.3) is 0 Å². The van der Waals surface area contributed by atoms with Crippen molar-refractivity contribution in [1.29, 1.82) is 15.8 Å². The largest absolute Gasteiger partial charge is 0.452 e. The maximum absolute atomic E-state index is 9.44. The van der Waals surface area contributed by atoms with Crippen molar-refractivity contribution in [2.75, 3.05) is 5.75 Å². The molecule has 0 amide bonds. The summed E-state index contributed by atoms with van der Waals surface area (Å²) in [6, 6.07) is 12.5. The SMILES string of the molecule is CCCSC1(c2ccc(Cl)cc2)OC(N)=C(C#N)C1=C(C#N)C#N. The molecular weight excluding hydrogens is 344 g/mol. The van der Waals surface area contributed by atoms with Crippen molar-refractivity contribution in [1.82, 2.24) is 0 Å². The highest BCUT2D eigenvalue weighted by molar-refractivity contribution is 8.00. The monoisotopic (exact) mass is 356 g/mol. The molecule has 0 fully saturated rings. The van der Waals surface area contributed by atoms with Gasteiger partial charge in [-0.25, -0.2) is 0 Å². The first kappa shape index (κ1) is 17.8. The molecule has 1 aromatic carbocycles. The van der Waals surface area contributed by atoms with Gasteiger partial charge in [-0.3, -0.25) is 0 Å². The number of halogens is 1. The van der Waals surface area contributed by atoms with Gasteiger partial charge in [-0.1, -0.05) is 30.7 Å². The van der Waals surface area contributed by atoms with Crippen LogP contribution in [0.5, 0.6) is 0 Å². The first-order valence-corrected chi connectivity index (χ1v) is 8.44. The summed E-state index contributed by atoms with van der Waals surface area (Å²) in [5, 5.41) is 28.7. The van der Waals surface area contributed by atoms with Crippen molar-refractivity contribution in [2.45, 2.75) is 18.3 Å². The maximum atomic E-state index is 9.44. The van der Waals surface area contributed by atoms with Gasteiger partial charge in [0.2, 0.25) is 10.8 Å². The molecule has 1 atom stereocenters. The Morgan fingerprint density at radius 3 is 2.38 bits per heavy atom. The Kier molecular flexibility index (Phi) is 5.42. The molecule has 5 nitrogen and oxygen atoms in total. The molecule has 120 valence electrons. The van der Waals surface area contributed by atoms with Crippen molar-refractivity contribution in [3.63, 3.8) is 0 Å². The lowest BCUT2D eigenvalue weighted by Gasteiger charge is -2.30. The van der Waals surface area contributed by atoms with E-state index in [-0.39, 0.29) is 22.6 Å². The molecule has 24 heavy (non-hydrogen) atoms. The zero-order valence-electron chi connectivity index (χ0n) is 12.8. The Hall–Kier alpha value is -2.59. The standard InChI is InChI=1S/C17H13ClN4OS/c1-2-7-24-17(12-3-5-13(18)6-4-12)15(11(8-19)9-20)14(10-21)16(22)23-17/h3-6H,2,7,22H2,1H3. The van der Waals surface area contributed by atoms with Crippen LogP contribution >= 0.6 is 23.4 Å². The van der Waals surface area contributed by atoms with Gasteiger partial charge >= 0.3 is 0 Å². The highest BCUT2D eigenvalue weighted by atomic mass is 35.5. The van der Waals surface area contributed by atoms with Crippen LogP contribution in [-0.2, 0) is 9.67 Å². The minimum Gasteiger partial charge on any atom is -0.452 e. The molecule has 0 bridgehead atoms. The Morgan fingerprint density at radius 2 is 1.88 bits per heavy atom. The number of hydrogen-bond donors (Lipinski definition) is 1. The molecule has 0 saturated carbocycles. The molecule has 1 aliphatic heterocycles. The number of rotatable bonds is 4. The Morgan fingerprint density at radius 1 is 1.25 bits per heavy atom. The quantitative estimate of drug-likeness (QED) is 0.824. The van der Waals surface area contributed by atoms with Crippen LogP contribution in [0, 0.1) is 34.0 Å². The molecule has 0 radical (unpaired) electrons. The predicted molar refractivity (Wildman–Crippen MR) is 92.0 cm³/mol. The third-order valence-electron chi connectivity index (χ3n) is 3.40. The average Bonchev–Trinajstić information content (AvgIpc) is 2.87. The van der Waals surface area contributed by atoms with E-state index in [2.05, 4.69) is 0 Å². The fourth-order valence-corrected chi connectivity index (χ4v) is 3.80. The molecule has 1 heterocycles. The topological polar surface area (TPSA) is 107 Å². The Balaban J connectivity index is 2.78. The third-order valence-corrected chi connectivity index (χ3v) is 5.19. The lowest BCUT2D eigenvalue weighted by atomic mass is 9.93. The number of benzene rings is 1. The molecule has 1 aromatic rings. The molecule has 0 spiro atoms. The number of nitrogens with two attached hydrogens (primary N) is 1. The first-order valence-electron chi connectivity index (χ1n) is 7.08. The molecule has 0 saturated heterocycles. The molecule has 2 rings (SSSR count). The van der Waals surface area contributed by atoms with Crippen molar-refractivity contribution in [2.24, 2.45) is 5.73 Å².